The van der Waals surface area contributed by atoms with Gasteiger partial charge in [-0.2, -0.15) is 0 Å². The zero-order valence-corrected chi connectivity index (χ0v) is 7.95. The monoisotopic (exact) mass is 187 g/mol. The Balaban J connectivity index is 2.00. The predicted octanol–water partition coefficient (Wildman–Crippen LogP) is -0.0900. The maximum absolute atomic E-state index is 11.0. The van der Waals surface area contributed by atoms with Crippen molar-refractivity contribution >= 4 is 5.91 Å². The Hall–Kier alpha value is -0.610. The Labute approximate surface area is 78.3 Å². The van der Waals surface area contributed by atoms with E-state index in [0.29, 0.717) is 19.1 Å². The van der Waals surface area contributed by atoms with E-state index in [4.69, 9.17) is 4.74 Å². The first-order valence-corrected chi connectivity index (χ1v) is 4.76. The highest BCUT2D eigenvalue weighted by molar-refractivity contribution is 5.77. The van der Waals surface area contributed by atoms with Crippen molar-refractivity contribution in [3.05, 3.63) is 0 Å². The molecular weight excluding hydrogens is 170 g/mol. The molecule has 1 unspecified atom stereocenters. The summed E-state index contributed by atoms with van der Waals surface area (Å²) in [6.45, 7) is 2.83. The second-order valence-electron chi connectivity index (χ2n) is 3.35. The van der Waals surface area contributed by atoms with E-state index in [1.165, 1.54) is 0 Å². The van der Waals surface area contributed by atoms with E-state index < -0.39 is 0 Å². The van der Waals surface area contributed by atoms with Crippen LogP contribution in [0.4, 0.5) is 0 Å². The summed E-state index contributed by atoms with van der Waals surface area (Å²) in [5.41, 5.74) is 0. The van der Waals surface area contributed by atoms with Crippen LogP contribution in [0.2, 0.25) is 0 Å². The summed E-state index contributed by atoms with van der Waals surface area (Å²) in [7, 11) is 0. The van der Waals surface area contributed by atoms with Crippen molar-refractivity contribution in [2.45, 2.75) is 25.9 Å². The van der Waals surface area contributed by atoms with Gasteiger partial charge in [0.25, 0.3) is 0 Å². The molecule has 2 N–H and O–H groups in total. The number of hydrogen-bond acceptors (Lipinski definition) is 3. The number of carbonyl (C=O) groups excluding carboxylic acids is 1. The molecule has 0 spiro atoms. The van der Waals surface area contributed by atoms with Gasteiger partial charge in [-0.25, -0.2) is 0 Å². The fourth-order valence-corrected chi connectivity index (χ4v) is 1.11. The van der Waals surface area contributed by atoms with Gasteiger partial charge < -0.3 is 15.2 Å². The molecule has 0 bridgehead atoms. The molecule has 0 aliphatic heterocycles. The third kappa shape index (κ3) is 4.24. The Morgan fingerprint density at radius 1 is 1.69 bits per heavy atom. The molecule has 1 saturated carbocycles. The molecule has 0 aromatic carbocycles. The first-order valence-electron chi connectivity index (χ1n) is 4.76. The largest absolute Gasteiger partial charge is 0.391 e. The number of rotatable bonds is 6. The van der Waals surface area contributed by atoms with E-state index in [2.05, 4.69) is 5.32 Å². The number of amides is 1. The van der Waals surface area contributed by atoms with E-state index in [1.54, 1.807) is 0 Å². The lowest BCUT2D eigenvalue weighted by atomic mass is 10.2. The molecule has 1 amide bonds. The number of hydrogen-bond donors (Lipinski definition) is 2. The Kier molecular flexibility index (Phi) is 4.18. The van der Waals surface area contributed by atoms with Crippen LogP contribution in [0, 0.1) is 5.92 Å². The van der Waals surface area contributed by atoms with Gasteiger partial charge in [0, 0.05) is 13.2 Å². The van der Waals surface area contributed by atoms with Crippen LogP contribution in [0.1, 0.15) is 19.8 Å². The minimum atomic E-state index is -0.370. The Bertz CT molecular complexity index is 168. The Morgan fingerprint density at radius 3 is 2.92 bits per heavy atom. The highest BCUT2D eigenvalue weighted by Crippen LogP contribution is 2.32. The highest BCUT2D eigenvalue weighted by atomic mass is 16.5. The smallest absolute Gasteiger partial charge is 0.246 e. The Morgan fingerprint density at radius 2 is 2.38 bits per heavy atom. The molecule has 1 aliphatic rings. The van der Waals surface area contributed by atoms with Crippen molar-refractivity contribution < 1.29 is 14.6 Å². The lowest BCUT2D eigenvalue weighted by Gasteiger charge is -2.10. The van der Waals surface area contributed by atoms with Gasteiger partial charge in [-0.15, -0.1) is 0 Å². The molecule has 0 radical (unpaired) electrons. The minimum absolute atomic E-state index is 0.0912. The van der Waals surface area contributed by atoms with Crippen LogP contribution < -0.4 is 5.32 Å². The summed E-state index contributed by atoms with van der Waals surface area (Å²) >= 11 is 0. The van der Waals surface area contributed by atoms with Crippen molar-refractivity contribution in [1.29, 1.82) is 0 Å². The van der Waals surface area contributed by atoms with Crippen molar-refractivity contribution in [2.24, 2.45) is 5.92 Å². The molecule has 76 valence electrons. The third-order valence-corrected chi connectivity index (χ3v) is 2.11. The van der Waals surface area contributed by atoms with Crippen LogP contribution in [0.25, 0.3) is 0 Å². The summed E-state index contributed by atoms with van der Waals surface area (Å²) in [6.07, 6.45) is 1.80. The number of aliphatic hydroxyl groups excluding tert-OH is 1. The number of ether oxygens (including phenoxy) is 1. The summed E-state index contributed by atoms with van der Waals surface area (Å²) < 4.78 is 4.91. The van der Waals surface area contributed by atoms with Gasteiger partial charge in [0.2, 0.25) is 5.91 Å². The topological polar surface area (TPSA) is 58.6 Å². The second kappa shape index (κ2) is 5.19. The van der Waals surface area contributed by atoms with Crippen molar-refractivity contribution in [3.8, 4) is 0 Å². The summed E-state index contributed by atoms with van der Waals surface area (Å²) in [4.78, 5) is 11.0. The van der Waals surface area contributed by atoms with Crippen molar-refractivity contribution in [3.63, 3.8) is 0 Å². The van der Waals surface area contributed by atoms with Gasteiger partial charge >= 0.3 is 0 Å². The average Bonchev–Trinajstić information content (AvgIpc) is 2.93. The molecule has 13 heavy (non-hydrogen) atoms. The lowest BCUT2D eigenvalue weighted by Crippen LogP contribution is -2.35. The lowest BCUT2D eigenvalue weighted by molar-refractivity contribution is -0.126. The first-order chi connectivity index (χ1) is 6.24. The molecule has 0 heterocycles. The van der Waals surface area contributed by atoms with Crippen LogP contribution >= 0.6 is 0 Å². The fourth-order valence-electron chi connectivity index (χ4n) is 1.11. The maximum atomic E-state index is 11.0. The van der Waals surface area contributed by atoms with Gasteiger partial charge in [-0.1, -0.05) is 0 Å². The minimum Gasteiger partial charge on any atom is -0.391 e. The summed E-state index contributed by atoms with van der Waals surface area (Å²) in [5, 5.41) is 12.0. The second-order valence-corrected chi connectivity index (χ2v) is 3.35. The van der Waals surface area contributed by atoms with E-state index in [9.17, 15) is 9.90 Å². The number of nitrogens with one attached hydrogen (secondary N) is 1. The van der Waals surface area contributed by atoms with Crippen LogP contribution in [-0.2, 0) is 9.53 Å². The van der Waals surface area contributed by atoms with Crippen LogP contribution in [0.3, 0.4) is 0 Å². The van der Waals surface area contributed by atoms with Gasteiger partial charge in [0.05, 0.1) is 6.10 Å². The maximum Gasteiger partial charge on any atom is 0.246 e. The van der Waals surface area contributed by atoms with E-state index in [-0.39, 0.29) is 18.6 Å². The highest BCUT2D eigenvalue weighted by Gasteiger charge is 2.29. The molecule has 1 rings (SSSR count). The average molecular weight is 187 g/mol. The standard InChI is InChI=1S/C9H17NO3/c1-2-13-6-9(12)10-5-8(11)7-3-4-7/h7-8,11H,2-6H2,1H3,(H,10,12). The summed E-state index contributed by atoms with van der Waals surface area (Å²) in [6, 6.07) is 0. The van der Waals surface area contributed by atoms with Crippen molar-refractivity contribution in [2.75, 3.05) is 19.8 Å². The SMILES string of the molecule is CCOCC(=O)NCC(O)C1CC1. The van der Waals surface area contributed by atoms with Gasteiger partial charge in [0.15, 0.2) is 0 Å². The molecular formula is C9H17NO3. The molecule has 0 aromatic rings. The zero-order chi connectivity index (χ0) is 9.68. The normalized spacial score (nSPS) is 18.3. The molecule has 4 nitrogen and oxygen atoms in total. The van der Waals surface area contributed by atoms with Gasteiger partial charge in [-0.05, 0) is 25.7 Å². The van der Waals surface area contributed by atoms with Gasteiger partial charge in [0.1, 0.15) is 6.61 Å². The van der Waals surface area contributed by atoms with E-state index in [0.717, 1.165) is 12.8 Å². The summed E-state index contributed by atoms with van der Waals surface area (Å²) in [5.74, 6) is 0.258. The van der Waals surface area contributed by atoms with Crippen molar-refractivity contribution in [1.82, 2.24) is 5.32 Å². The number of aliphatic hydroxyl groups is 1. The van der Waals surface area contributed by atoms with E-state index in [1.807, 2.05) is 6.92 Å². The van der Waals surface area contributed by atoms with Crippen LogP contribution in [-0.4, -0.2) is 36.9 Å². The van der Waals surface area contributed by atoms with E-state index >= 15 is 0 Å². The predicted molar refractivity (Wildman–Crippen MR) is 48.2 cm³/mol. The molecule has 1 fully saturated rings. The zero-order valence-electron chi connectivity index (χ0n) is 7.95. The molecule has 0 aromatic heterocycles. The molecule has 1 aliphatic carbocycles. The molecule has 1 atom stereocenters. The first kappa shape index (κ1) is 10.5. The molecule has 0 saturated heterocycles. The fraction of sp³-hybridized carbons (Fsp3) is 0.889. The molecule has 4 heteroatoms. The third-order valence-electron chi connectivity index (χ3n) is 2.11. The van der Waals surface area contributed by atoms with Crippen LogP contribution in [0.5, 0.6) is 0 Å². The quantitative estimate of drug-likeness (QED) is 0.611. The van der Waals surface area contributed by atoms with Gasteiger partial charge in [-0.3, -0.25) is 4.79 Å². The number of carbonyl (C=O) groups is 1. The van der Waals surface area contributed by atoms with Crippen LogP contribution in [0.15, 0.2) is 0 Å².